The topological polar surface area (TPSA) is 183 Å². The van der Waals surface area contributed by atoms with Gasteiger partial charge in [-0.05, 0) is 6.07 Å². The van der Waals surface area contributed by atoms with Crippen molar-refractivity contribution in [3.05, 3.63) is 22.7 Å². The van der Waals surface area contributed by atoms with E-state index in [1.165, 1.54) is 12.3 Å². The number of phosphoric acid groups is 1. The van der Waals surface area contributed by atoms with Crippen LogP contribution < -0.4 is 50.8 Å². The summed E-state index contributed by atoms with van der Waals surface area (Å²) in [6.45, 7) is -0.782. The van der Waals surface area contributed by atoms with Gasteiger partial charge in [-0.25, -0.2) is 4.79 Å². The van der Waals surface area contributed by atoms with Crippen LogP contribution >= 0.6 is 7.82 Å². The van der Waals surface area contributed by atoms with E-state index in [9.17, 15) is 29.4 Å². The van der Waals surface area contributed by atoms with E-state index in [0.29, 0.717) is 0 Å². The number of nitrogens with two attached hydrogens (primary N) is 1. The van der Waals surface area contributed by atoms with Gasteiger partial charge in [0.15, 0.2) is 6.23 Å². The molecule has 0 radical (unpaired) electrons. The first-order chi connectivity index (χ1) is 9.69. The fraction of sp³-hybridized carbons (Fsp3) is 0.556. The number of nitrogens with zero attached hydrogens (tertiary/aromatic N) is 2. The van der Waals surface area contributed by atoms with Crippen LogP contribution in [0.3, 0.4) is 0 Å². The van der Waals surface area contributed by atoms with Gasteiger partial charge >= 0.3 is 35.2 Å². The molecule has 1 aromatic rings. The summed E-state index contributed by atoms with van der Waals surface area (Å²) < 4.78 is 20.4. The van der Waals surface area contributed by atoms with Crippen LogP contribution in [-0.4, -0.2) is 44.7 Å². The molecule has 1 saturated heterocycles. The number of anilines is 1. The quantitative estimate of drug-likeness (QED) is 0.350. The van der Waals surface area contributed by atoms with Crippen molar-refractivity contribution in [3.63, 3.8) is 0 Å². The number of ether oxygens (including phenoxy) is 1. The summed E-state index contributed by atoms with van der Waals surface area (Å²) in [5, 5.41) is 19.6. The maximum Gasteiger partial charge on any atom is 1.00 e. The Hall–Kier alpha value is -0.330. The molecule has 0 bridgehead atoms. The van der Waals surface area contributed by atoms with Gasteiger partial charge in [0.2, 0.25) is 0 Å². The van der Waals surface area contributed by atoms with Gasteiger partial charge in [-0.15, -0.1) is 0 Å². The number of phosphoric ester groups is 1. The van der Waals surface area contributed by atoms with Crippen LogP contribution in [0.2, 0.25) is 0 Å². The molecule has 0 amide bonds. The fourth-order valence-electron chi connectivity index (χ4n) is 1.88. The van der Waals surface area contributed by atoms with E-state index < -0.39 is 44.7 Å². The molecule has 4 N–H and O–H groups in total. The van der Waals surface area contributed by atoms with Gasteiger partial charge in [0.1, 0.15) is 24.1 Å². The van der Waals surface area contributed by atoms with Crippen molar-refractivity contribution in [1.82, 2.24) is 9.55 Å². The average Bonchev–Trinajstić information content (AvgIpc) is 2.64. The molecule has 4 atom stereocenters. The predicted octanol–water partition coefficient (Wildman–Crippen LogP) is -6.71. The first-order valence-corrected chi connectivity index (χ1v) is 7.18. The van der Waals surface area contributed by atoms with Crippen LogP contribution in [-0.2, 0) is 13.8 Å². The van der Waals surface area contributed by atoms with E-state index in [4.69, 9.17) is 10.5 Å². The first-order valence-electron chi connectivity index (χ1n) is 5.72. The zero-order chi connectivity index (χ0) is 15.8. The molecule has 13 heteroatoms. The molecule has 0 aromatic carbocycles. The van der Waals surface area contributed by atoms with E-state index in [1.807, 2.05) is 0 Å². The summed E-state index contributed by atoms with van der Waals surface area (Å²) in [4.78, 5) is 35.8. The Morgan fingerprint density at radius 2 is 2.09 bits per heavy atom. The number of nitrogen functional groups attached to an aromatic ring is 1. The summed E-state index contributed by atoms with van der Waals surface area (Å²) in [7, 11) is -5.24. The van der Waals surface area contributed by atoms with Crippen LogP contribution in [0.1, 0.15) is 6.23 Å². The molecule has 1 fully saturated rings. The number of aliphatic hydroxyl groups excluding tert-OH is 2. The molecule has 0 spiro atoms. The van der Waals surface area contributed by atoms with Gasteiger partial charge in [0.05, 0.1) is 14.4 Å². The van der Waals surface area contributed by atoms with Crippen LogP contribution in [0.25, 0.3) is 0 Å². The summed E-state index contributed by atoms with van der Waals surface area (Å²) in [5.41, 5.74) is 4.49. The smallest absolute Gasteiger partial charge is 0.790 e. The van der Waals surface area contributed by atoms with Crippen LogP contribution in [0, 0.1) is 0 Å². The van der Waals surface area contributed by atoms with Crippen molar-refractivity contribution in [2.24, 2.45) is 0 Å². The second kappa shape index (κ2) is 7.49. The molecule has 118 valence electrons. The Kier molecular flexibility index (Phi) is 6.72. The molecule has 1 aromatic heterocycles. The monoisotopic (exact) mass is 344 g/mol. The van der Waals surface area contributed by atoms with Crippen molar-refractivity contribution in [2.75, 3.05) is 12.3 Å². The van der Waals surface area contributed by atoms with Crippen molar-refractivity contribution < 1.29 is 63.4 Å². The normalized spacial score (nSPS) is 28.4. The van der Waals surface area contributed by atoms with Gasteiger partial charge < -0.3 is 39.6 Å². The minimum absolute atomic E-state index is 0. The number of rotatable bonds is 4. The molecule has 2 rings (SSSR count). The van der Waals surface area contributed by atoms with E-state index in [-0.39, 0.29) is 35.4 Å². The number of hydrogen-bond acceptors (Lipinski definition) is 10. The fourth-order valence-corrected chi connectivity index (χ4v) is 2.21. The Labute approximate surface area is 146 Å². The maximum atomic E-state index is 11.6. The molecule has 1 aliphatic rings. The van der Waals surface area contributed by atoms with Gasteiger partial charge in [0.25, 0.3) is 0 Å². The molecule has 1 aliphatic heterocycles. The largest absolute Gasteiger partial charge is 1.00 e. The summed E-state index contributed by atoms with van der Waals surface area (Å²) in [6.07, 6.45) is -4.51. The van der Waals surface area contributed by atoms with Crippen molar-refractivity contribution in [1.29, 1.82) is 0 Å². The van der Waals surface area contributed by atoms with Crippen molar-refractivity contribution in [2.45, 2.75) is 24.5 Å². The SMILES string of the molecule is Nc1ccn([C@@H]2O[C@H](COP(=O)([O-])[O-])[C@@H](O)[C@H]2O)c(=O)n1.[Na+]. The predicted molar refractivity (Wildman–Crippen MR) is 62.4 cm³/mol. The number of aromatic nitrogens is 2. The Morgan fingerprint density at radius 1 is 1.45 bits per heavy atom. The Morgan fingerprint density at radius 3 is 2.64 bits per heavy atom. The van der Waals surface area contributed by atoms with E-state index in [1.54, 1.807) is 0 Å². The van der Waals surface area contributed by atoms with E-state index in [0.717, 1.165) is 4.57 Å². The van der Waals surface area contributed by atoms with Crippen LogP contribution in [0.4, 0.5) is 5.82 Å². The van der Waals surface area contributed by atoms with Crippen molar-refractivity contribution in [3.8, 4) is 0 Å². The van der Waals surface area contributed by atoms with E-state index in [2.05, 4.69) is 9.51 Å². The van der Waals surface area contributed by atoms with Crippen molar-refractivity contribution >= 4 is 13.6 Å². The maximum absolute atomic E-state index is 11.6. The first kappa shape index (κ1) is 19.7. The molecular formula is C9H12N3NaO8P-. The third-order valence-electron chi connectivity index (χ3n) is 2.86. The molecule has 0 saturated carbocycles. The molecular weight excluding hydrogens is 332 g/mol. The average molecular weight is 344 g/mol. The Balaban J connectivity index is 0.00000242. The minimum Gasteiger partial charge on any atom is -0.790 e. The Bertz CT molecular complexity index is 621. The number of hydrogen-bond donors (Lipinski definition) is 3. The summed E-state index contributed by atoms with van der Waals surface area (Å²) >= 11 is 0. The third-order valence-corrected chi connectivity index (χ3v) is 3.33. The van der Waals surface area contributed by atoms with Gasteiger partial charge in [-0.2, -0.15) is 4.98 Å². The van der Waals surface area contributed by atoms with Gasteiger partial charge in [0, 0.05) is 6.20 Å². The van der Waals surface area contributed by atoms with Gasteiger partial charge in [-0.1, -0.05) is 0 Å². The number of aliphatic hydroxyl groups is 2. The molecule has 22 heavy (non-hydrogen) atoms. The standard InChI is InChI=1S/C9H14N3O8P.Na/c10-5-1-2-12(9(15)11-5)8-7(14)6(13)4(20-8)3-19-21(16,17)18;/h1-2,4,6-8,13-14H,3H2,(H2,10,11,15)(H2,16,17,18);/q;+1/p-2/t4-,6-,7-,8-;/m1./s1. The zero-order valence-electron chi connectivity index (χ0n) is 11.4. The molecule has 0 unspecified atom stereocenters. The van der Waals surface area contributed by atoms with Gasteiger partial charge in [-0.3, -0.25) is 4.57 Å². The minimum atomic E-state index is -5.24. The molecule has 11 nitrogen and oxygen atoms in total. The molecule has 0 aliphatic carbocycles. The van der Waals surface area contributed by atoms with Crippen LogP contribution in [0.15, 0.2) is 17.1 Å². The second-order valence-corrected chi connectivity index (χ2v) is 5.48. The zero-order valence-corrected chi connectivity index (χ0v) is 14.3. The molecule has 2 heterocycles. The third kappa shape index (κ3) is 4.59. The summed E-state index contributed by atoms with van der Waals surface area (Å²) in [5.74, 6) is -0.0391. The second-order valence-electron chi connectivity index (χ2n) is 4.33. The van der Waals surface area contributed by atoms with E-state index >= 15 is 0 Å². The van der Waals surface area contributed by atoms with Crippen LogP contribution in [0.5, 0.6) is 0 Å². The summed E-state index contributed by atoms with van der Waals surface area (Å²) in [6, 6.07) is 1.27.